The summed E-state index contributed by atoms with van der Waals surface area (Å²) < 4.78 is 0. The molecule has 1 aliphatic heterocycles. The number of hydrogen-bond donors (Lipinski definition) is 0. The van der Waals surface area contributed by atoms with Crippen LogP contribution in [0.25, 0.3) is 0 Å². The number of rotatable bonds is 0. The molecule has 3 rings (SSSR count). The van der Waals surface area contributed by atoms with E-state index in [9.17, 15) is 9.59 Å². The van der Waals surface area contributed by atoms with E-state index in [4.69, 9.17) is 31.4 Å². The first-order valence-corrected chi connectivity index (χ1v) is 7.10. The van der Waals surface area contributed by atoms with Crippen LogP contribution in [0.15, 0.2) is 11.1 Å². The second kappa shape index (κ2) is 5.31. The Hall–Kier alpha value is -1.48. The van der Waals surface area contributed by atoms with Gasteiger partial charge < -0.3 is 4.90 Å². The molecule has 0 atom stereocenters. The van der Waals surface area contributed by atoms with Crippen molar-refractivity contribution in [3.63, 3.8) is 0 Å². The lowest BCUT2D eigenvalue weighted by Gasteiger charge is -2.26. The smallest absolute Gasteiger partial charge is 0.189 e. The van der Waals surface area contributed by atoms with Crippen molar-refractivity contribution in [2.45, 2.75) is 12.8 Å². The zero-order chi connectivity index (χ0) is 16.2. The van der Waals surface area contributed by atoms with Crippen molar-refractivity contribution in [1.29, 1.82) is 0 Å². The Balaban J connectivity index is 2.27. The van der Waals surface area contributed by atoms with Crippen molar-refractivity contribution in [2.24, 2.45) is 0 Å². The first kappa shape index (κ1) is 15.4. The zero-order valence-electron chi connectivity index (χ0n) is 12.4. The second-order valence-electron chi connectivity index (χ2n) is 5.82. The first-order chi connectivity index (χ1) is 10.3. The summed E-state index contributed by atoms with van der Waals surface area (Å²) in [5, 5.41) is 0. The van der Waals surface area contributed by atoms with Gasteiger partial charge in [-0.2, -0.15) is 0 Å². The number of ketones is 2. The summed E-state index contributed by atoms with van der Waals surface area (Å²) in [7, 11) is 25.5. The normalized spacial score (nSPS) is 19.0. The van der Waals surface area contributed by atoms with Gasteiger partial charge in [-0.25, -0.2) is 0 Å². The molecule has 0 bridgehead atoms. The van der Waals surface area contributed by atoms with E-state index < -0.39 is 0 Å². The van der Waals surface area contributed by atoms with Crippen molar-refractivity contribution in [3.05, 3.63) is 22.3 Å². The fourth-order valence-corrected chi connectivity index (χ4v) is 3.12. The molecule has 0 spiro atoms. The number of benzene rings is 1. The van der Waals surface area contributed by atoms with Gasteiger partial charge in [0.2, 0.25) is 0 Å². The topological polar surface area (TPSA) is 37.4 Å². The van der Waals surface area contributed by atoms with Crippen molar-refractivity contribution >= 4 is 64.8 Å². The fraction of sp³-hybridized carbons (Fsp3) is 0.333. The van der Waals surface area contributed by atoms with Crippen molar-refractivity contribution in [2.75, 3.05) is 20.1 Å². The number of nitrogens with zero attached hydrogens (tertiary/aromatic N) is 1. The Morgan fingerprint density at radius 3 is 1.45 bits per heavy atom. The van der Waals surface area contributed by atoms with E-state index in [1.54, 1.807) is 0 Å². The van der Waals surface area contributed by atoms with Crippen LogP contribution in [-0.4, -0.2) is 68.0 Å². The molecule has 0 amide bonds. The molecule has 0 unspecified atom stereocenters. The first-order valence-electron chi connectivity index (χ1n) is 7.10. The van der Waals surface area contributed by atoms with Gasteiger partial charge in [0, 0.05) is 35.4 Å². The minimum Gasteiger partial charge on any atom is -0.306 e. The largest absolute Gasteiger partial charge is 0.306 e. The summed E-state index contributed by atoms with van der Waals surface area (Å²) in [5.74, 6) is -0.508. The molecule has 100 valence electrons. The molecule has 3 nitrogen and oxygen atoms in total. The van der Waals surface area contributed by atoms with Gasteiger partial charge in [0.05, 0.1) is 0 Å². The Morgan fingerprint density at radius 1 is 0.727 bits per heavy atom. The minimum atomic E-state index is -0.254. The highest BCUT2D eigenvalue weighted by Gasteiger charge is 2.35. The molecule has 1 aromatic rings. The Kier molecular flexibility index (Phi) is 3.72. The summed E-state index contributed by atoms with van der Waals surface area (Å²) in [5.41, 5.74) is 1.48. The summed E-state index contributed by atoms with van der Waals surface area (Å²) in [4.78, 5) is 27.7. The van der Waals surface area contributed by atoms with E-state index in [-0.39, 0.29) is 44.5 Å². The highest BCUT2D eigenvalue weighted by Crippen LogP contribution is 2.29. The third-order valence-electron chi connectivity index (χ3n) is 4.51. The van der Waals surface area contributed by atoms with Gasteiger partial charge in [-0.3, -0.25) is 9.59 Å². The molecule has 0 fully saturated rings. The maximum absolute atomic E-state index is 12.8. The molecule has 0 N–H and O–H groups in total. The van der Waals surface area contributed by atoms with Crippen LogP contribution in [0.2, 0.25) is 0 Å². The van der Waals surface area contributed by atoms with Crippen LogP contribution < -0.4 is 21.9 Å². The van der Waals surface area contributed by atoms with E-state index in [0.29, 0.717) is 37.1 Å². The molecule has 7 heteroatoms. The predicted molar refractivity (Wildman–Crippen MR) is 90.4 cm³/mol. The molecule has 1 aliphatic carbocycles. The average Bonchev–Trinajstić information content (AvgIpc) is 2.69. The van der Waals surface area contributed by atoms with Crippen LogP contribution in [0.3, 0.4) is 0 Å². The van der Waals surface area contributed by atoms with Gasteiger partial charge in [0.1, 0.15) is 31.4 Å². The van der Waals surface area contributed by atoms with Gasteiger partial charge in [0.25, 0.3) is 0 Å². The van der Waals surface area contributed by atoms with Crippen LogP contribution in [0.4, 0.5) is 0 Å². The molecule has 1 aromatic carbocycles. The van der Waals surface area contributed by atoms with E-state index in [0.717, 1.165) is 0 Å². The number of hydrogen-bond acceptors (Lipinski definition) is 3. The van der Waals surface area contributed by atoms with Crippen LogP contribution >= 0.6 is 0 Å². The van der Waals surface area contributed by atoms with E-state index >= 15 is 0 Å². The van der Waals surface area contributed by atoms with Crippen LogP contribution in [0.1, 0.15) is 33.6 Å². The number of carbonyl (C=O) groups is 2. The maximum atomic E-state index is 12.8. The Bertz CT molecular complexity index is 694. The molecule has 8 radical (unpaired) electrons. The average molecular weight is 281 g/mol. The highest BCUT2D eigenvalue weighted by molar-refractivity contribution is 6.65. The van der Waals surface area contributed by atoms with Crippen molar-refractivity contribution in [1.82, 2.24) is 4.90 Å². The van der Waals surface area contributed by atoms with E-state index in [2.05, 4.69) is 4.90 Å². The molecule has 22 heavy (non-hydrogen) atoms. The number of Topliss-reactive ketones (excluding diaryl/α,β-unsaturated/α-hetero) is 2. The van der Waals surface area contributed by atoms with Gasteiger partial charge in [0.15, 0.2) is 11.6 Å². The van der Waals surface area contributed by atoms with Gasteiger partial charge >= 0.3 is 0 Å². The van der Waals surface area contributed by atoms with Crippen molar-refractivity contribution in [3.8, 4) is 0 Å². The lowest BCUT2D eigenvalue weighted by atomic mass is 9.60. The Morgan fingerprint density at radius 2 is 1.09 bits per heavy atom. The zero-order valence-corrected chi connectivity index (χ0v) is 12.4. The molecule has 0 aromatic heterocycles. The van der Waals surface area contributed by atoms with E-state index in [1.165, 1.54) is 0 Å². The molecule has 0 saturated carbocycles. The van der Waals surface area contributed by atoms with Crippen LogP contribution in [0, 0.1) is 0 Å². The molecule has 2 aliphatic rings. The molecule has 0 saturated heterocycles. The standard InChI is InChI=1S/C15H11B4NO2/c1-20-4-2-6-7(3-5-20)15(22)9-8(14(6)21)10(16)12(18)13(19)11(9)17/h2-5H2,1H3. The third kappa shape index (κ3) is 2.06. The lowest BCUT2D eigenvalue weighted by Crippen LogP contribution is -2.53. The molecular formula is C15H11B4NO2. The number of carbonyl (C=O) groups excluding carboxylic acids is 2. The third-order valence-corrected chi connectivity index (χ3v) is 4.51. The molecular weight excluding hydrogens is 269 g/mol. The highest BCUT2D eigenvalue weighted by atomic mass is 16.1. The predicted octanol–water partition coefficient (Wildman–Crippen LogP) is -2.74. The summed E-state index contributed by atoms with van der Waals surface area (Å²) in [6.45, 7) is 1.43. The van der Waals surface area contributed by atoms with Gasteiger partial charge in [-0.15, -0.1) is 10.9 Å². The van der Waals surface area contributed by atoms with Gasteiger partial charge in [-0.1, -0.05) is 10.9 Å². The quantitative estimate of drug-likeness (QED) is 0.484. The maximum Gasteiger partial charge on any atom is 0.189 e. The van der Waals surface area contributed by atoms with Crippen molar-refractivity contribution < 1.29 is 9.59 Å². The van der Waals surface area contributed by atoms with Crippen LogP contribution in [-0.2, 0) is 0 Å². The second-order valence-corrected chi connectivity index (χ2v) is 5.82. The number of fused-ring (bicyclic) bond motifs is 1. The minimum absolute atomic E-state index is 0.0456. The summed E-state index contributed by atoms with van der Waals surface area (Å²) in [6.07, 6.45) is 1.03. The SMILES string of the molecule is [B]c1c([B])c([B])c2c(c1[B])C(=O)C1=C(CCN(C)CC1)C2=O. The lowest BCUT2D eigenvalue weighted by molar-refractivity contribution is 0.0972. The van der Waals surface area contributed by atoms with E-state index in [1.807, 2.05) is 7.05 Å². The summed E-state index contributed by atoms with van der Waals surface area (Å²) in [6, 6.07) is 0. The van der Waals surface area contributed by atoms with Crippen LogP contribution in [0.5, 0.6) is 0 Å². The fourth-order valence-electron chi connectivity index (χ4n) is 3.12. The molecule has 1 heterocycles. The Labute approximate surface area is 135 Å². The summed E-state index contributed by atoms with van der Waals surface area (Å²) >= 11 is 0. The monoisotopic (exact) mass is 281 g/mol. The van der Waals surface area contributed by atoms with Gasteiger partial charge in [-0.05, 0) is 19.9 Å².